The second-order valence-corrected chi connectivity index (χ2v) is 6.16. The first kappa shape index (κ1) is 14.4. The zero-order chi connectivity index (χ0) is 15.0. The Balaban J connectivity index is 2.10. The second-order valence-electron chi connectivity index (χ2n) is 6.16. The number of ether oxygens (including phenoxy) is 1. The number of carbonyl (C=O) groups excluding carboxylic acids is 1. The van der Waals surface area contributed by atoms with Crippen LogP contribution in [-0.2, 0) is 15.1 Å². The first-order valence-electron chi connectivity index (χ1n) is 6.48. The molecule has 0 atom stereocenters. The van der Waals surface area contributed by atoms with Crippen molar-refractivity contribution in [2.24, 2.45) is 5.92 Å². The maximum atomic E-state index is 11.9. The van der Waals surface area contributed by atoms with Crippen molar-refractivity contribution in [3.8, 4) is 0 Å². The van der Waals surface area contributed by atoms with Crippen LogP contribution in [0.1, 0.15) is 39.2 Å². The first-order valence-corrected chi connectivity index (χ1v) is 6.48. The van der Waals surface area contributed by atoms with Crippen LogP contribution in [-0.4, -0.2) is 22.8 Å². The third kappa shape index (κ3) is 2.95. The Morgan fingerprint density at radius 3 is 2.55 bits per heavy atom. The van der Waals surface area contributed by atoms with E-state index in [0.717, 1.165) is 5.56 Å². The van der Waals surface area contributed by atoms with Crippen molar-refractivity contribution in [2.45, 2.75) is 44.8 Å². The van der Waals surface area contributed by atoms with Crippen molar-refractivity contribution >= 4 is 12.1 Å². The van der Waals surface area contributed by atoms with Crippen molar-refractivity contribution < 1.29 is 23.8 Å². The van der Waals surface area contributed by atoms with Gasteiger partial charge >= 0.3 is 12.1 Å². The van der Waals surface area contributed by atoms with E-state index in [1.54, 1.807) is 26.8 Å². The smallest absolute Gasteiger partial charge is 0.408 e. The van der Waals surface area contributed by atoms with Crippen molar-refractivity contribution in [2.75, 3.05) is 0 Å². The van der Waals surface area contributed by atoms with E-state index >= 15 is 0 Å². The van der Waals surface area contributed by atoms with Gasteiger partial charge in [0.25, 0.3) is 0 Å². The average molecular weight is 281 g/mol. The lowest BCUT2D eigenvalue weighted by molar-refractivity contribution is -0.148. The van der Waals surface area contributed by atoms with Crippen LogP contribution in [0.2, 0.25) is 0 Å². The summed E-state index contributed by atoms with van der Waals surface area (Å²) in [6.07, 6.45) is 3.14. The molecule has 0 radical (unpaired) electrons. The summed E-state index contributed by atoms with van der Waals surface area (Å²) in [7, 11) is 0. The van der Waals surface area contributed by atoms with Gasteiger partial charge < -0.3 is 19.6 Å². The molecule has 1 aliphatic carbocycles. The quantitative estimate of drug-likeness (QED) is 0.888. The molecule has 110 valence electrons. The molecule has 1 amide bonds. The zero-order valence-electron chi connectivity index (χ0n) is 11.8. The summed E-state index contributed by atoms with van der Waals surface area (Å²) in [5.74, 6) is -1.31. The van der Waals surface area contributed by atoms with Gasteiger partial charge in [-0.2, -0.15) is 0 Å². The maximum absolute atomic E-state index is 11.9. The minimum Gasteiger partial charge on any atom is -0.481 e. The van der Waals surface area contributed by atoms with Crippen LogP contribution in [0.4, 0.5) is 4.79 Å². The predicted molar refractivity (Wildman–Crippen MR) is 70.1 cm³/mol. The first-order chi connectivity index (χ1) is 9.22. The lowest BCUT2D eigenvalue weighted by Crippen LogP contribution is -2.57. The maximum Gasteiger partial charge on any atom is 0.408 e. The Morgan fingerprint density at radius 2 is 2.10 bits per heavy atom. The van der Waals surface area contributed by atoms with Crippen LogP contribution in [0.25, 0.3) is 0 Å². The molecule has 1 aromatic rings. The molecule has 1 aromatic heterocycles. The summed E-state index contributed by atoms with van der Waals surface area (Å²) in [6.45, 7) is 5.33. The van der Waals surface area contributed by atoms with Crippen molar-refractivity contribution in [1.82, 2.24) is 5.32 Å². The van der Waals surface area contributed by atoms with Gasteiger partial charge in [0.05, 0.1) is 24.0 Å². The highest BCUT2D eigenvalue weighted by molar-refractivity contribution is 5.74. The lowest BCUT2D eigenvalue weighted by Gasteiger charge is -2.45. The molecule has 1 aliphatic rings. The van der Waals surface area contributed by atoms with E-state index in [1.807, 2.05) is 0 Å². The number of furan rings is 1. The lowest BCUT2D eigenvalue weighted by atomic mass is 9.65. The number of hydrogen-bond acceptors (Lipinski definition) is 4. The number of alkyl carbamates (subject to hydrolysis) is 1. The SMILES string of the molecule is CC(C)(C)OC(=O)NC1(c2ccoc2)CC(C(=O)O)C1. The monoisotopic (exact) mass is 281 g/mol. The van der Waals surface area contributed by atoms with E-state index in [1.165, 1.54) is 12.5 Å². The molecule has 0 bridgehead atoms. The summed E-state index contributed by atoms with van der Waals surface area (Å²) in [5, 5.41) is 11.8. The number of rotatable bonds is 3. The van der Waals surface area contributed by atoms with Gasteiger partial charge in [-0.05, 0) is 39.7 Å². The Morgan fingerprint density at radius 1 is 1.45 bits per heavy atom. The van der Waals surface area contributed by atoms with E-state index in [0.29, 0.717) is 12.8 Å². The van der Waals surface area contributed by atoms with E-state index in [-0.39, 0.29) is 0 Å². The van der Waals surface area contributed by atoms with Gasteiger partial charge in [0.15, 0.2) is 0 Å². The van der Waals surface area contributed by atoms with E-state index in [9.17, 15) is 9.59 Å². The van der Waals surface area contributed by atoms with Gasteiger partial charge in [-0.25, -0.2) is 4.79 Å². The number of carboxylic acid groups (broad SMARTS) is 1. The Hall–Kier alpha value is -1.98. The Bertz CT molecular complexity index is 494. The van der Waals surface area contributed by atoms with Gasteiger partial charge in [0.1, 0.15) is 5.60 Å². The van der Waals surface area contributed by atoms with Crippen molar-refractivity contribution in [3.63, 3.8) is 0 Å². The molecular weight excluding hydrogens is 262 g/mol. The highest BCUT2D eigenvalue weighted by Gasteiger charge is 2.50. The molecule has 0 spiro atoms. The Labute approximate surface area is 117 Å². The summed E-state index contributed by atoms with van der Waals surface area (Å²) in [4.78, 5) is 22.9. The fourth-order valence-corrected chi connectivity index (χ4v) is 2.40. The molecule has 6 nitrogen and oxygen atoms in total. The fourth-order valence-electron chi connectivity index (χ4n) is 2.40. The number of carboxylic acids is 1. The molecule has 0 unspecified atom stereocenters. The van der Waals surface area contributed by atoms with Gasteiger partial charge in [-0.3, -0.25) is 4.79 Å². The molecule has 1 fully saturated rings. The molecule has 20 heavy (non-hydrogen) atoms. The molecule has 6 heteroatoms. The molecule has 2 N–H and O–H groups in total. The van der Waals surface area contributed by atoms with Crippen molar-refractivity contribution in [3.05, 3.63) is 24.2 Å². The topological polar surface area (TPSA) is 88.8 Å². The number of nitrogens with one attached hydrogen (secondary N) is 1. The van der Waals surface area contributed by atoms with Crippen LogP contribution in [0.15, 0.2) is 23.0 Å². The minimum absolute atomic E-state index is 0.334. The second kappa shape index (κ2) is 4.85. The zero-order valence-corrected chi connectivity index (χ0v) is 11.8. The molecule has 2 rings (SSSR count). The third-order valence-corrected chi connectivity index (χ3v) is 3.35. The average Bonchev–Trinajstić information content (AvgIpc) is 2.72. The summed E-state index contributed by atoms with van der Waals surface area (Å²) in [6, 6.07) is 1.73. The van der Waals surface area contributed by atoms with Crippen LogP contribution >= 0.6 is 0 Å². The minimum atomic E-state index is -0.852. The summed E-state index contributed by atoms with van der Waals surface area (Å²) >= 11 is 0. The van der Waals surface area contributed by atoms with E-state index in [2.05, 4.69) is 5.32 Å². The molecule has 0 aromatic carbocycles. The molecule has 1 heterocycles. The number of hydrogen-bond donors (Lipinski definition) is 2. The fraction of sp³-hybridized carbons (Fsp3) is 0.571. The standard InChI is InChI=1S/C14H19NO5/c1-13(2,3)20-12(18)15-14(10-4-5-19-8-10)6-9(7-14)11(16)17/h4-5,8-9H,6-7H2,1-3H3,(H,15,18)(H,16,17). The molecule has 1 saturated carbocycles. The van der Waals surface area contributed by atoms with Gasteiger partial charge in [0, 0.05) is 5.56 Å². The van der Waals surface area contributed by atoms with Crippen molar-refractivity contribution in [1.29, 1.82) is 0 Å². The predicted octanol–water partition coefficient (Wildman–Crippen LogP) is 2.49. The Kier molecular flexibility index (Phi) is 3.50. The van der Waals surface area contributed by atoms with Crippen LogP contribution in [0.3, 0.4) is 0 Å². The van der Waals surface area contributed by atoms with Crippen LogP contribution < -0.4 is 5.32 Å². The molecular formula is C14H19NO5. The number of aliphatic carboxylic acids is 1. The van der Waals surface area contributed by atoms with Gasteiger partial charge in [-0.1, -0.05) is 0 Å². The number of carbonyl (C=O) groups is 2. The largest absolute Gasteiger partial charge is 0.481 e. The molecule has 0 aliphatic heterocycles. The molecule has 0 saturated heterocycles. The highest BCUT2D eigenvalue weighted by Crippen LogP contribution is 2.46. The number of amides is 1. The van der Waals surface area contributed by atoms with E-state index < -0.39 is 29.1 Å². The van der Waals surface area contributed by atoms with Gasteiger partial charge in [0.2, 0.25) is 0 Å². The van der Waals surface area contributed by atoms with Crippen LogP contribution in [0, 0.1) is 5.92 Å². The third-order valence-electron chi connectivity index (χ3n) is 3.35. The van der Waals surface area contributed by atoms with Crippen LogP contribution in [0.5, 0.6) is 0 Å². The summed E-state index contributed by atoms with van der Waals surface area (Å²) < 4.78 is 10.3. The van der Waals surface area contributed by atoms with E-state index in [4.69, 9.17) is 14.3 Å². The van der Waals surface area contributed by atoms with Gasteiger partial charge in [-0.15, -0.1) is 0 Å². The highest BCUT2D eigenvalue weighted by atomic mass is 16.6. The normalized spacial score (nSPS) is 25.6. The summed E-state index contributed by atoms with van der Waals surface area (Å²) in [5.41, 5.74) is -0.545.